The highest BCUT2D eigenvalue weighted by atomic mass is 79.9. The van der Waals surface area contributed by atoms with E-state index in [-0.39, 0.29) is 0 Å². The topological polar surface area (TPSA) is 37.3 Å². The summed E-state index contributed by atoms with van der Waals surface area (Å²) in [5, 5.41) is 9.18. The summed E-state index contributed by atoms with van der Waals surface area (Å²) in [5.41, 5.74) is -1.57. The van der Waals surface area contributed by atoms with Gasteiger partial charge in [-0.1, -0.05) is 34.1 Å². The zero-order valence-electron chi connectivity index (χ0n) is 8.46. The average molecular weight is 309 g/mol. The summed E-state index contributed by atoms with van der Waals surface area (Å²) >= 11 is 3.10. The fraction of sp³-hybridized carbons (Fsp3) is 0.182. The van der Waals surface area contributed by atoms with E-state index in [1.807, 2.05) is 0 Å². The molecule has 0 unspecified atom stereocenters. The molecular formula is C11H8BrF3O2. The van der Waals surface area contributed by atoms with E-state index in [1.165, 1.54) is 12.1 Å². The first-order valence-corrected chi connectivity index (χ1v) is 5.65. The van der Waals surface area contributed by atoms with E-state index in [9.17, 15) is 18.0 Å². The van der Waals surface area contributed by atoms with Crippen molar-refractivity contribution < 1.29 is 23.1 Å². The maximum atomic E-state index is 12.6. The quantitative estimate of drug-likeness (QED) is 0.862. The largest absolute Gasteiger partial charge is 0.478 e. The molecule has 0 aliphatic heterocycles. The molecule has 0 bridgehead atoms. The fourth-order valence-electron chi connectivity index (χ4n) is 1.27. The second-order valence-corrected chi connectivity index (χ2v) is 3.81. The molecule has 0 heterocycles. The predicted octanol–water partition coefficient (Wildman–Crippen LogP) is 3.81. The Labute approximate surface area is 104 Å². The van der Waals surface area contributed by atoms with E-state index in [2.05, 4.69) is 15.9 Å². The van der Waals surface area contributed by atoms with Crippen LogP contribution in [0.2, 0.25) is 0 Å². The van der Waals surface area contributed by atoms with Crippen LogP contribution < -0.4 is 0 Å². The molecule has 0 radical (unpaired) electrons. The third-order valence-electron chi connectivity index (χ3n) is 1.98. The Morgan fingerprint density at radius 3 is 2.53 bits per heavy atom. The molecule has 1 rings (SSSR count). The Bertz CT molecular complexity index is 453. The molecule has 1 aromatic carbocycles. The fourth-order valence-corrected chi connectivity index (χ4v) is 1.45. The van der Waals surface area contributed by atoms with Gasteiger partial charge in [0.1, 0.15) is 0 Å². The molecular weight excluding hydrogens is 301 g/mol. The van der Waals surface area contributed by atoms with Gasteiger partial charge in [-0.2, -0.15) is 13.2 Å². The maximum Gasteiger partial charge on any atom is 0.417 e. The van der Waals surface area contributed by atoms with Crippen molar-refractivity contribution in [1.29, 1.82) is 0 Å². The summed E-state index contributed by atoms with van der Waals surface area (Å²) in [6.07, 6.45) is -1.57. The zero-order chi connectivity index (χ0) is 13.1. The molecule has 0 aliphatic rings. The lowest BCUT2D eigenvalue weighted by Gasteiger charge is -2.10. The monoisotopic (exact) mass is 308 g/mol. The first-order chi connectivity index (χ1) is 7.86. The Kier molecular flexibility index (Phi) is 4.34. The molecule has 6 heteroatoms. The standard InChI is InChI=1S/C11H8BrF3O2/c12-5-1-2-7-3-4-8(10(16)17)9(6-7)11(13,14)15/h1-4,6H,5H2,(H,16,17). The van der Waals surface area contributed by atoms with Crippen LogP contribution in [0.4, 0.5) is 13.2 Å². The van der Waals surface area contributed by atoms with Crippen molar-refractivity contribution in [3.63, 3.8) is 0 Å². The molecule has 0 aliphatic carbocycles. The van der Waals surface area contributed by atoms with Crippen LogP contribution in [0.3, 0.4) is 0 Å². The van der Waals surface area contributed by atoms with Crippen LogP contribution in [0.1, 0.15) is 21.5 Å². The summed E-state index contributed by atoms with van der Waals surface area (Å²) in [6, 6.07) is 3.11. The van der Waals surface area contributed by atoms with Crippen LogP contribution >= 0.6 is 15.9 Å². The minimum Gasteiger partial charge on any atom is -0.478 e. The molecule has 0 fully saturated rings. The molecule has 0 spiro atoms. The summed E-state index contributed by atoms with van der Waals surface area (Å²) in [7, 11) is 0. The number of allylic oxidation sites excluding steroid dienone is 1. The van der Waals surface area contributed by atoms with E-state index in [4.69, 9.17) is 5.11 Å². The molecule has 2 nitrogen and oxygen atoms in total. The lowest BCUT2D eigenvalue weighted by molar-refractivity contribution is -0.138. The number of carboxylic acid groups (broad SMARTS) is 1. The van der Waals surface area contributed by atoms with Gasteiger partial charge >= 0.3 is 12.1 Å². The normalized spacial score (nSPS) is 12.0. The number of carbonyl (C=O) groups is 1. The lowest BCUT2D eigenvalue weighted by Crippen LogP contribution is -2.13. The van der Waals surface area contributed by atoms with Gasteiger partial charge in [-0.15, -0.1) is 0 Å². The van der Waals surface area contributed by atoms with E-state index in [1.54, 1.807) is 6.08 Å². The van der Waals surface area contributed by atoms with Gasteiger partial charge < -0.3 is 5.11 Å². The van der Waals surface area contributed by atoms with Crippen molar-refractivity contribution in [3.05, 3.63) is 41.0 Å². The van der Waals surface area contributed by atoms with Gasteiger partial charge in [0.15, 0.2) is 0 Å². The third kappa shape index (κ3) is 3.59. The van der Waals surface area contributed by atoms with Gasteiger partial charge in [-0.3, -0.25) is 0 Å². The van der Waals surface area contributed by atoms with Crippen LogP contribution in [0.15, 0.2) is 24.3 Å². The summed E-state index contributed by atoms with van der Waals surface area (Å²) in [5.74, 6) is -1.59. The number of hydrogen-bond donors (Lipinski definition) is 1. The molecule has 17 heavy (non-hydrogen) atoms. The van der Waals surface area contributed by atoms with Gasteiger partial charge in [0.25, 0.3) is 0 Å². The first-order valence-electron chi connectivity index (χ1n) is 4.53. The summed E-state index contributed by atoms with van der Waals surface area (Å²) in [4.78, 5) is 10.7. The molecule has 0 atom stereocenters. The van der Waals surface area contributed by atoms with Crippen molar-refractivity contribution in [1.82, 2.24) is 0 Å². The van der Waals surface area contributed by atoms with E-state index >= 15 is 0 Å². The second kappa shape index (κ2) is 5.35. The van der Waals surface area contributed by atoms with Crippen LogP contribution in [-0.2, 0) is 6.18 Å². The maximum absolute atomic E-state index is 12.6. The van der Waals surface area contributed by atoms with Crippen LogP contribution in [0.5, 0.6) is 0 Å². The minimum absolute atomic E-state index is 0.307. The van der Waals surface area contributed by atoms with E-state index < -0.39 is 23.3 Å². The Balaban J connectivity index is 3.29. The molecule has 1 aromatic rings. The number of aromatic carboxylic acids is 1. The number of alkyl halides is 4. The molecule has 0 amide bonds. The van der Waals surface area contributed by atoms with Crippen molar-refractivity contribution in [3.8, 4) is 0 Å². The number of hydrogen-bond acceptors (Lipinski definition) is 1. The molecule has 0 aromatic heterocycles. The van der Waals surface area contributed by atoms with E-state index in [0.717, 1.165) is 12.1 Å². The smallest absolute Gasteiger partial charge is 0.417 e. The molecule has 1 N–H and O–H groups in total. The Hall–Kier alpha value is -1.30. The number of halogens is 4. The van der Waals surface area contributed by atoms with Crippen LogP contribution in [0, 0.1) is 0 Å². The highest BCUT2D eigenvalue weighted by Gasteiger charge is 2.35. The van der Waals surface area contributed by atoms with Gasteiger partial charge in [0.05, 0.1) is 11.1 Å². The zero-order valence-corrected chi connectivity index (χ0v) is 10.0. The third-order valence-corrected chi connectivity index (χ3v) is 2.35. The lowest BCUT2D eigenvalue weighted by atomic mass is 10.0. The minimum atomic E-state index is -4.67. The molecule has 0 saturated heterocycles. The highest BCUT2D eigenvalue weighted by molar-refractivity contribution is 9.09. The van der Waals surface area contributed by atoms with E-state index in [0.29, 0.717) is 10.9 Å². The number of carboxylic acids is 1. The first kappa shape index (κ1) is 13.8. The van der Waals surface area contributed by atoms with Gasteiger partial charge in [-0.25, -0.2) is 4.79 Å². The predicted molar refractivity (Wildman–Crippen MR) is 61.2 cm³/mol. The molecule has 0 saturated carbocycles. The van der Waals surface area contributed by atoms with Crippen molar-refractivity contribution >= 4 is 28.0 Å². The average Bonchev–Trinajstić information content (AvgIpc) is 2.24. The van der Waals surface area contributed by atoms with Gasteiger partial charge in [-0.05, 0) is 17.7 Å². The second-order valence-electron chi connectivity index (χ2n) is 3.16. The summed E-state index contributed by atoms with van der Waals surface area (Å²) in [6.45, 7) is 0. The van der Waals surface area contributed by atoms with Crippen LogP contribution in [-0.4, -0.2) is 16.4 Å². The SMILES string of the molecule is O=C(O)c1ccc(C=CCBr)cc1C(F)(F)F. The Morgan fingerprint density at radius 2 is 2.06 bits per heavy atom. The van der Waals surface area contributed by atoms with Gasteiger partial charge in [0.2, 0.25) is 0 Å². The number of rotatable bonds is 3. The molecule has 92 valence electrons. The summed E-state index contributed by atoms with van der Waals surface area (Å²) < 4.78 is 37.8. The van der Waals surface area contributed by atoms with Crippen molar-refractivity contribution in [2.24, 2.45) is 0 Å². The van der Waals surface area contributed by atoms with Crippen LogP contribution in [0.25, 0.3) is 6.08 Å². The van der Waals surface area contributed by atoms with Crippen molar-refractivity contribution in [2.75, 3.05) is 5.33 Å². The Morgan fingerprint density at radius 1 is 1.41 bits per heavy atom. The highest BCUT2D eigenvalue weighted by Crippen LogP contribution is 2.33. The number of benzene rings is 1. The van der Waals surface area contributed by atoms with Gasteiger partial charge in [0, 0.05) is 5.33 Å². The van der Waals surface area contributed by atoms with Crippen molar-refractivity contribution in [2.45, 2.75) is 6.18 Å².